The molecule has 10 nitrogen and oxygen atoms in total. The van der Waals surface area contributed by atoms with Crippen LogP contribution in [0.5, 0.6) is 5.75 Å². The number of esters is 1. The van der Waals surface area contributed by atoms with Crippen LogP contribution in [0, 0.1) is 5.82 Å². The van der Waals surface area contributed by atoms with Crippen molar-refractivity contribution >= 4 is 46.1 Å². The Morgan fingerprint density at radius 3 is 2.55 bits per heavy atom. The molecule has 0 radical (unpaired) electrons. The number of rotatable bonds is 7. The van der Waals surface area contributed by atoms with Gasteiger partial charge in [-0.1, -0.05) is 18.2 Å². The number of likely N-dealkylation sites (N-methyl/N-ethyl adjacent to an activating group) is 2. The van der Waals surface area contributed by atoms with E-state index in [1.54, 1.807) is 55.4 Å². The number of carbonyl (C=O) groups is 3. The van der Waals surface area contributed by atoms with Crippen molar-refractivity contribution < 1.29 is 33.3 Å². The third-order valence-corrected chi connectivity index (χ3v) is 6.56. The molecule has 11 heteroatoms. The van der Waals surface area contributed by atoms with Crippen molar-refractivity contribution in [2.45, 2.75) is 6.61 Å². The van der Waals surface area contributed by atoms with E-state index in [0.717, 1.165) is 5.56 Å². The number of amides is 2. The average molecular weight is 547 g/mol. The highest BCUT2D eigenvalue weighted by atomic mass is 19.1. The summed E-state index contributed by atoms with van der Waals surface area (Å²) in [5, 5.41) is 5.99. The van der Waals surface area contributed by atoms with Crippen LogP contribution in [-0.4, -0.2) is 57.5 Å². The van der Waals surface area contributed by atoms with E-state index in [9.17, 15) is 14.4 Å². The van der Waals surface area contributed by atoms with Crippen molar-refractivity contribution in [3.63, 3.8) is 0 Å². The molecule has 2 amide bonds. The maximum Gasteiger partial charge on any atom is 0.337 e. The minimum atomic E-state index is -0.617. The van der Waals surface area contributed by atoms with Crippen molar-refractivity contribution in [1.29, 1.82) is 0 Å². The molecule has 3 aromatic carbocycles. The number of hydrogen-bond donors (Lipinski definition) is 2. The fourth-order valence-corrected chi connectivity index (χ4v) is 4.52. The molecule has 0 aliphatic carbocycles. The van der Waals surface area contributed by atoms with Gasteiger partial charge in [0, 0.05) is 29.4 Å². The minimum Gasteiger partial charge on any atom is -0.465 e. The summed E-state index contributed by atoms with van der Waals surface area (Å²) >= 11 is 0. The van der Waals surface area contributed by atoms with E-state index in [2.05, 4.69) is 10.6 Å². The number of methoxy groups -OCH3 is 1. The lowest BCUT2D eigenvalue weighted by Gasteiger charge is -2.21. The van der Waals surface area contributed by atoms with Gasteiger partial charge in [-0.3, -0.25) is 9.59 Å². The smallest absolute Gasteiger partial charge is 0.337 e. The van der Waals surface area contributed by atoms with E-state index < -0.39 is 17.7 Å². The number of hydrogen-bond acceptors (Lipinski definition) is 8. The van der Waals surface area contributed by atoms with Crippen LogP contribution in [0.25, 0.3) is 11.3 Å². The Bertz CT molecular complexity index is 1570. The SMILES string of the molecule is COC(=O)c1ccc2c(c1)NC(=O)/C2=C(\Nc1ccc(N(C)C(=O)CN(C)C)c(F)c1)c1ccc2c(c1)OOC2. The first kappa shape index (κ1) is 26.9. The number of carbonyl (C=O) groups excluding carboxylic acids is 3. The van der Waals surface area contributed by atoms with Gasteiger partial charge >= 0.3 is 5.97 Å². The topological polar surface area (TPSA) is 109 Å². The van der Waals surface area contributed by atoms with Gasteiger partial charge in [-0.25, -0.2) is 9.18 Å². The van der Waals surface area contributed by atoms with Gasteiger partial charge in [0.15, 0.2) is 5.75 Å². The Balaban J connectivity index is 1.57. The molecule has 0 saturated heterocycles. The van der Waals surface area contributed by atoms with Crippen LogP contribution in [0.15, 0.2) is 54.6 Å². The Morgan fingerprint density at radius 2 is 1.82 bits per heavy atom. The Hall–Kier alpha value is -4.74. The molecule has 2 aliphatic rings. The molecule has 0 fully saturated rings. The molecule has 0 atom stereocenters. The number of nitrogens with zero attached hydrogens (tertiary/aromatic N) is 2. The number of fused-ring (bicyclic) bond motifs is 2. The third-order valence-electron chi connectivity index (χ3n) is 6.56. The van der Waals surface area contributed by atoms with Crippen molar-refractivity contribution in [3.05, 3.63) is 82.7 Å². The molecule has 0 saturated carbocycles. The molecule has 3 aromatic rings. The lowest BCUT2D eigenvalue weighted by atomic mass is 9.98. The maximum absolute atomic E-state index is 15.3. The third kappa shape index (κ3) is 5.12. The molecule has 2 heterocycles. The lowest BCUT2D eigenvalue weighted by Crippen LogP contribution is -2.35. The van der Waals surface area contributed by atoms with E-state index in [-0.39, 0.29) is 29.3 Å². The van der Waals surface area contributed by atoms with E-state index >= 15 is 4.39 Å². The molecular formula is C29H27FN4O6. The van der Waals surface area contributed by atoms with Crippen LogP contribution in [0.1, 0.15) is 27.0 Å². The number of anilines is 3. The molecule has 40 heavy (non-hydrogen) atoms. The predicted molar refractivity (Wildman–Crippen MR) is 147 cm³/mol. The normalized spacial score (nSPS) is 14.7. The zero-order chi connectivity index (χ0) is 28.6. The lowest BCUT2D eigenvalue weighted by molar-refractivity contribution is -0.194. The second-order valence-electron chi connectivity index (χ2n) is 9.61. The van der Waals surface area contributed by atoms with Crippen LogP contribution in [0.2, 0.25) is 0 Å². The van der Waals surface area contributed by atoms with E-state index in [1.807, 2.05) is 6.07 Å². The molecule has 0 bridgehead atoms. The summed E-state index contributed by atoms with van der Waals surface area (Å²) in [5.41, 5.74) is 3.82. The van der Waals surface area contributed by atoms with Crippen molar-refractivity contribution in [1.82, 2.24) is 4.90 Å². The van der Waals surface area contributed by atoms with Crippen LogP contribution in [0.3, 0.4) is 0 Å². The van der Waals surface area contributed by atoms with Crippen LogP contribution >= 0.6 is 0 Å². The highest BCUT2D eigenvalue weighted by Crippen LogP contribution is 2.40. The Labute approximate surface area is 229 Å². The quantitative estimate of drug-likeness (QED) is 0.261. The summed E-state index contributed by atoms with van der Waals surface area (Å²) < 4.78 is 20.0. The summed E-state index contributed by atoms with van der Waals surface area (Å²) in [6, 6.07) is 14.5. The molecule has 2 N–H and O–H groups in total. The second kappa shape index (κ2) is 10.8. The van der Waals surface area contributed by atoms with Gasteiger partial charge in [-0.15, -0.1) is 0 Å². The summed E-state index contributed by atoms with van der Waals surface area (Å²) in [5.74, 6) is -1.33. The van der Waals surface area contributed by atoms with E-state index in [0.29, 0.717) is 40.6 Å². The number of benzene rings is 3. The molecule has 0 aromatic heterocycles. The molecular weight excluding hydrogens is 519 g/mol. The van der Waals surface area contributed by atoms with E-state index in [1.165, 1.54) is 31.2 Å². The summed E-state index contributed by atoms with van der Waals surface area (Å²) in [7, 11) is 6.31. The van der Waals surface area contributed by atoms with Crippen molar-refractivity contribution in [2.75, 3.05) is 50.3 Å². The van der Waals surface area contributed by atoms with Gasteiger partial charge < -0.3 is 30.1 Å². The maximum atomic E-state index is 15.3. The summed E-state index contributed by atoms with van der Waals surface area (Å²) in [6.07, 6.45) is 0. The van der Waals surface area contributed by atoms with Gasteiger partial charge in [0.1, 0.15) is 12.4 Å². The van der Waals surface area contributed by atoms with Crippen molar-refractivity contribution in [2.24, 2.45) is 0 Å². The first-order chi connectivity index (χ1) is 19.2. The van der Waals surface area contributed by atoms with Gasteiger partial charge in [-0.2, -0.15) is 4.89 Å². The first-order valence-corrected chi connectivity index (χ1v) is 12.3. The minimum absolute atomic E-state index is 0.119. The summed E-state index contributed by atoms with van der Waals surface area (Å²) in [6.45, 7) is 0.420. The van der Waals surface area contributed by atoms with E-state index in [4.69, 9.17) is 14.5 Å². The standard InChI is InChI=1S/C29H27FN4O6/c1-33(2)14-25(35)34(3)23-10-8-19(13-21(23)30)31-27(16-5-6-18-15-39-40-24(18)12-16)26-20-9-7-17(29(37)38-4)11-22(20)32-28(26)36/h5-13,31H,14-15H2,1-4H3,(H,32,36)/b27-26-. The zero-order valence-corrected chi connectivity index (χ0v) is 22.3. The largest absolute Gasteiger partial charge is 0.465 e. The first-order valence-electron chi connectivity index (χ1n) is 12.3. The monoisotopic (exact) mass is 546 g/mol. The highest BCUT2D eigenvalue weighted by molar-refractivity contribution is 6.37. The van der Waals surface area contributed by atoms with Crippen LogP contribution in [-0.2, 0) is 25.8 Å². The number of nitrogens with one attached hydrogen (secondary N) is 2. The molecule has 0 unspecified atom stereocenters. The van der Waals surface area contributed by atoms with Crippen LogP contribution in [0.4, 0.5) is 21.5 Å². The second-order valence-corrected chi connectivity index (χ2v) is 9.61. The molecule has 0 spiro atoms. The number of halogens is 1. The average Bonchev–Trinajstić information content (AvgIpc) is 3.53. The zero-order valence-electron chi connectivity index (χ0n) is 22.3. The molecule has 5 rings (SSSR count). The van der Waals surface area contributed by atoms with Gasteiger partial charge in [-0.05, 0) is 50.5 Å². The Kier molecular flexibility index (Phi) is 7.24. The number of ether oxygens (including phenoxy) is 1. The Morgan fingerprint density at radius 1 is 1.05 bits per heavy atom. The van der Waals surface area contributed by atoms with Crippen LogP contribution < -0.4 is 20.4 Å². The summed E-state index contributed by atoms with van der Waals surface area (Å²) in [4.78, 5) is 51.1. The fraction of sp³-hybridized carbons (Fsp3) is 0.207. The molecule has 206 valence electrons. The van der Waals surface area contributed by atoms with Gasteiger partial charge in [0.2, 0.25) is 5.91 Å². The van der Waals surface area contributed by atoms with Crippen molar-refractivity contribution in [3.8, 4) is 5.75 Å². The predicted octanol–water partition coefficient (Wildman–Crippen LogP) is 3.89. The molecule has 2 aliphatic heterocycles. The van der Waals surface area contributed by atoms with Gasteiger partial charge in [0.05, 0.1) is 41.9 Å². The van der Waals surface area contributed by atoms with Gasteiger partial charge in [0.25, 0.3) is 5.91 Å². The highest BCUT2D eigenvalue weighted by Gasteiger charge is 2.30. The fourth-order valence-electron chi connectivity index (χ4n) is 4.52.